The summed E-state index contributed by atoms with van der Waals surface area (Å²) in [6.45, 7) is 0. The fourth-order valence-corrected chi connectivity index (χ4v) is 1.13. The molecule has 0 saturated carbocycles. The molecule has 0 atom stereocenters. The molecule has 15 heavy (non-hydrogen) atoms. The maximum atomic E-state index is 5.91. The molecule has 0 fully saturated rings. The fraction of sp³-hybridized carbons (Fsp3) is 0.222. The van der Waals surface area contributed by atoms with Crippen molar-refractivity contribution in [3.8, 4) is 0 Å². The number of halogens is 2. The Labute approximate surface area is 98.6 Å². The number of nitrogens with two attached hydrogens (primary N) is 1. The van der Waals surface area contributed by atoms with Crippen LogP contribution in [0.15, 0.2) is 23.3 Å². The van der Waals surface area contributed by atoms with Gasteiger partial charge in [-0.25, -0.2) is 0 Å². The maximum absolute atomic E-state index is 5.91. The first-order valence-electron chi connectivity index (χ1n) is 4.22. The summed E-state index contributed by atoms with van der Waals surface area (Å²) in [6.07, 6.45) is 0. The normalized spacial score (nSPS) is 11.3. The van der Waals surface area contributed by atoms with Gasteiger partial charge in [-0.05, 0) is 18.2 Å². The van der Waals surface area contributed by atoms with Gasteiger partial charge < -0.3 is 10.6 Å². The third kappa shape index (κ3) is 3.49. The van der Waals surface area contributed by atoms with Crippen LogP contribution in [0.3, 0.4) is 0 Å². The Morgan fingerprint density at radius 1 is 1.40 bits per heavy atom. The first-order chi connectivity index (χ1) is 7.00. The summed E-state index contributed by atoms with van der Waals surface area (Å²) in [4.78, 5) is 1.67. The molecule has 0 bridgehead atoms. The number of benzene rings is 1. The molecule has 1 aromatic rings. The Bertz CT molecular complexity index is 376. The monoisotopic (exact) mass is 246 g/mol. The van der Waals surface area contributed by atoms with Crippen LogP contribution in [0, 0.1) is 0 Å². The highest BCUT2D eigenvalue weighted by Crippen LogP contribution is 2.25. The number of nitrogens with one attached hydrogen (secondary N) is 1. The van der Waals surface area contributed by atoms with Gasteiger partial charge in [0.25, 0.3) is 0 Å². The highest BCUT2D eigenvalue weighted by Gasteiger charge is 2.00. The number of hydrogen-bond acceptors (Lipinski definition) is 2. The largest absolute Gasteiger partial charge is 0.368 e. The molecule has 0 heterocycles. The van der Waals surface area contributed by atoms with Gasteiger partial charge in [0.2, 0.25) is 5.96 Å². The van der Waals surface area contributed by atoms with E-state index in [2.05, 4.69) is 10.5 Å². The van der Waals surface area contributed by atoms with Gasteiger partial charge in [0.05, 0.1) is 10.7 Å². The minimum Gasteiger partial charge on any atom is -0.368 e. The summed E-state index contributed by atoms with van der Waals surface area (Å²) in [5.41, 5.74) is 8.95. The van der Waals surface area contributed by atoms with Gasteiger partial charge in [-0.3, -0.25) is 5.43 Å². The van der Waals surface area contributed by atoms with Crippen molar-refractivity contribution in [3.05, 3.63) is 28.2 Å². The first kappa shape index (κ1) is 11.9. The van der Waals surface area contributed by atoms with Crippen molar-refractivity contribution in [1.82, 2.24) is 4.90 Å². The highest BCUT2D eigenvalue weighted by atomic mass is 35.5. The molecular weight excluding hydrogens is 235 g/mol. The van der Waals surface area contributed by atoms with E-state index in [4.69, 9.17) is 28.9 Å². The second-order valence-corrected chi connectivity index (χ2v) is 3.94. The number of anilines is 1. The Hall–Kier alpha value is -1.13. The third-order valence-electron chi connectivity index (χ3n) is 1.68. The van der Waals surface area contributed by atoms with Crippen LogP contribution in [-0.4, -0.2) is 25.0 Å². The van der Waals surface area contributed by atoms with Crippen molar-refractivity contribution in [1.29, 1.82) is 0 Å². The molecule has 4 nitrogen and oxygen atoms in total. The Balaban J connectivity index is 2.81. The van der Waals surface area contributed by atoms with Gasteiger partial charge in [0, 0.05) is 19.1 Å². The lowest BCUT2D eigenvalue weighted by Gasteiger charge is -2.11. The summed E-state index contributed by atoms with van der Waals surface area (Å²) < 4.78 is 0. The van der Waals surface area contributed by atoms with Gasteiger partial charge in [-0.2, -0.15) is 0 Å². The standard InChI is InChI=1S/C9H12Cl2N4/c1-15(2)9(12)14-13-8-5-6(10)3-4-7(8)11/h3-5,13H,1-2H3,(H2,12,14). The van der Waals surface area contributed by atoms with E-state index in [1.165, 1.54) is 0 Å². The smallest absolute Gasteiger partial charge is 0.213 e. The van der Waals surface area contributed by atoms with E-state index in [9.17, 15) is 0 Å². The van der Waals surface area contributed by atoms with Crippen molar-refractivity contribution in [3.63, 3.8) is 0 Å². The third-order valence-corrected chi connectivity index (χ3v) is 2.24. The van der Waals surface area contributed by atoms with Gasteiger partial charge >= 0.3 is 0 Å². The topological polar surface area (TPSA) is 53.6 Å². The summed E-state index contributed by atoms with van der Waals surface area (Å²) in [5, 5.41) is 5.04. The van der Waals surface area contributed by atoms with Crippen LogP contribution >= 0.6 is 23.2 Å². The lowest BCUT2D eigenvalue weighted by molar-refractivity contribution is 0.613. The van der Waals surface area contributed by atoms with E-state index in [0.29, 0.717) is 21.7 Å². The lowest BCUT2D eigenvalue weighted by atomic mass is 10.3. The predicted molar refractivity (Wildman–Crippen MR) is 65.4 cm³/mol. The second-order valence-electron chi connectivity index (χ2n) is 3.10. The van der Waals surface area contributed by atoms with Gasteiger partial charge in [0.1, 0.15) is 0 Å². The number of guanidine groups is 1. The van der Waals surface area contributed by atoms with Crippen molar-refractivity contribution in [2.24, 2.45) is 10.8 Å². The van der Waals surface area contributed by atoms with Gasteiger partial charge in [-0.1, -0.05) is 23.2 Å². The average Bonchev–Trinajstić information content (AvgIpc) is 2.18. The zero-order valence-corrected chi connectivity index (χ0v) is 9.97. The molecule has 0 aliphatic carbocycles. The summed E-state index contributed by atoms with van der Waals surface area (Å²) in [5.74, 6) is 0.353. The molecule has 1 rings (SSSR count). The highest BCUT2D eigenvalue weighted by molar-refractivity contribution is 6.35. The first-order valence-corrected chi connectivity index (χ1v) is 4.98. The summed E-state index contributed by atoms with van der Waals surface area (Å²) in [7, 11) is 3.58. The van der Waals surface area contributed by atoms with Crippen molar-refractivity contribution < 1.29 is 0 Å². The maximum Gasteiger partial charge on any atom is 0.213 e. The molecule has 6 heteroatoms. The number of nitrogens with zero attached hydrogens (tertiary/aromatic N) is 2. The van der Waals surface area contributed by atoms with Gasteiger partial charge in [-0.15, -0.1) is 5.10 Å². The van der Waals surface area contributed by atoms with Gasteiger partial charge in [0.15, 0.2) is 0 Å². The lowest BCUT2D eigenvalue weighted by Crippen LogP contribution is -2.31. The van der Waals surface area contributed by atoms with Crippen molar-refractivity contribution in [2.75, 3.05) is 19.5 Å². The molecule has 0 aliphatic rings. The van der Waals surface area contributed by atoms with E-state index >= 15 is 0 Å². The molecule has 3 N–H and O–H groups in total. The zero-order chi connectivity index (χ0) is 11.4. The quantitative estimate of drug-likeness (QED) is 0.478. The van der Waals surface area contributed by atoms with Crippen molar-refractivity contribution >= 4 is 34.8 Å². The molecule has 82 valence electrons. The molecular formula is C9H12Cl2N4. The van der Waals surface area contributed by atoms with Crippen LogP contribution in [0.4, 0.5) is 5.69 Å². The second kappa shape index (κ2) is 5.09. The van der Waals surface area contributed by atoms with Crippen LogP contribution in [0.1, 0.15) is 0 Å². The molecule has 0 radical (unpaired) electrons. The van der Waals surface area contributed by atoms with Crippen LogP contribution < -0.4 is 11.2 Å². The van der Waals surface area contributed by atoms with E-state index in [1.807, 2.05) is 0 Å². The minimum atomic E-state index is 0.353. The molecule has 0 unspecified atom stereocenters. The number of hydrogen-bond donors (Lipinski definition) is 2. The molecule has 0 aliphatic heterocycles. The Morgan fingerprint density at radius 2 is 2.07 bits per heavy atom. The molecule has 0 saturated heterocycles. The Kier molecular flexibility index (Phi) is 4.05. The molecule has 0 aromatic heterocycles. The van der Waals surface area contributed by atoms with Crippen LogP contribution in [0.25, 0.3) is 0 Å². The van der Waals surface area contributed by atoms with Crippen LogP contribution in [0.2, 0.25) is 10.0 Å². The van der Waals surface area contributed by atoms with E-state index in [0.717, 1.165) is 0 Å². The Morgan fingerprint density at radius 3 is 2.67 bits per heavy atom. The van der Waals surface area contributed by atoms with E-state index in [-0.39, 0.29) is 0 Å². The number of hydrazone groups is 1. The number of rotatable bonds is 2. The molecule has 0 spiro atoms. The van der Waals surface area contributed by atoms with E-state index in [1.54, 1.807) is 37.2 Å². The van der Waals surface area contributed by atoms with Crippen molar-refractivity contribution in [2.45, 2.75) is 0 Å². The predicted octanol–water partition coefficient (Wildman–Crippen LogP) is 2.20. The zero-order valence-electron chi connectivity index (χ0n) is 8.46. The SMILES string of the molecule is CN(C)/C(N)=N/Nc1cc(Cl)ccc1Cl. The van der Waals surface area contributed by atoms with Crippen LogP contribution in [-0.2, 0) is 0 Å². The molecule has 0 amide bonds. The fourth-order valence-electron chi connectivity index (χ4n) is 0.801. The summed E-state index contributed by atoms with van der Waals surface area (Å²) >= 11 is 11.7. The molecule has 1 aromatic carbocycles. The minimum absolute atomic E-state index is 0.353. The summed E-state index contributed by atoms with van der Waals surface area (Å²) in [6, 6.07) is 5.07. The van der Waals surface area contributed by atoms with Crippen LogP contribution in [0.5, 0.6) is 0 Å². The average molecular weight is 247 g/mol. The van der Waals surface area contributed by atoms with E-state index < -0.39 is 0 Å².